The average Bonchev–Trinajstić information content (AvgIpc) is 2.55. The van der Waals surface area contributed by atoms with Crippen LogP contribution in [0, 0.1) is 0 Å². The Morgan fingerprint density at radius 2 is 1.76 bits per heavy atom. The predicted octanol–water partition coefficient (Wildman–Crippen LogP) is 3.08. The molecular formula is C16H23NO3S. The van der Waals surface area contributed by atoms with Gasteiger partial charge < -0.3 is 14.4 Å². The van der Waals surface area contributed by atoms with Gasteiger partial charge in [-0.05, 0) is 31.4 Å². The fraction of sp³-hybridized carbons (Fsp3) is 0.562. The number of nitrogens with zero attached hydrogens (tertiary/aromatic N) is 1. The van der Waals surface area contributed by atoms with Crippen LogP contribution in [0.2, 0.25) is 0 Å². The first-order valence-corrected chi connectivity index (χ1v) is 8.29. The van der Waals surface area contributed by atoms with Gasteiger partial charge >= 0.3 is 0 Å². The summed E-state index contributed by atoms with van der Waals surface area (Å²) in [5.41, 5.74) is 0.978. The van der Waals surface area contributed by atoms with E-state index in [9.17, 15) is 4.79 Å². The van der Waals surface area contributed by atoms with Gasteiger partial charge in [0, 0.05) is 37.8 Å². The van der Waals surface area contributed by atoms with E-state index in [4.69, 9.17) is 9.47 Å². The third kappa shape index (κ3) is 4.73. The van der Waals surface area contributed by atoms with E-state index in [-0.39, 0.29) is 12.2 Å². The third-order valence-corrected chi connectivity index (χ3v) is 4.65. The second-order valence-electron chi connectivity index (χ2n) is 5.10. The summed E-state index contributed by atoms with van der Waals surface area (Å²) in [4.78, 5) is 15.2. The Kier molecular flexibility index (Phi) is 6.54. The van der Waals surface area contributed by atoms with Crippen molar-refractivity contribution in [1.82, 2.24) is 4.90 Å². The summed E-state index contributed by atoms with van der Waals surface area (Å²) in [6.45, 7) is 1.84. The number of benzene rings is 1. The SMILES string of the molecule is COC(OC)c1ccc(SCC(=O)N2CCCCC2)cc1. The lowest BCUT2D eigenvalue weighted by atomic mass is 10.1. The molecule has 0 N–H and O–H groups in total. The Morgan fingerprint density at radius 1 is 1.14 bits per heavy atom. The van der Waals surface area contributed by atoms with Gasteiger partial charge in [0.25, 0.3) is 0 Å². The summed E-state index contributed by atoms with van der Waals surface area (Å²) in [5, 5.41) is 0. The Balaban J connectivity index is 1.84. The highest BCUT2D eigenvalue weighted by Gasteiger charge is 2.16. The third-order valence-electron chi connectivity index (χ3n) is 3.65. The molecule has 21 heavy (non-hydrogen) atoms. The summed E-state index contributed by atoms with van der Waals surface area (Å²) in [7, 11) is 3.24. The number of methoxy groups -OCH3 is 2. The van der Waals surface area contributed by atoms with Crippen LogP contribution in [-0.2, 0) is 14.3 Å². The van der Waals surface area contributed by atoms with Gasteiger partial charge in [-0.3, -0.25) is 4.79 Å². The largest absolute Gasteiger partial charge is 0.352 e. The smallest absolute Gasteiger partial charge is 0.232 e. The Hall–Kier alpha value is -1.04. The molecule has 0 spiro atoms. The quantitative estimate of drug-likeness (QED) is 0.598. The molecule has 116 valence electrons. The van der Waals surface area contributed by atoms with Crippen LogP contribution in [0.4, 0.5) is 0 Å². The number of hydrogen-bond donors (Lipinski definition) is 0. The molecule has 0 aliphatic carbocycles. The number of carbonyl (C=O) groups is 1. The molecule has 1 aliphatic heterocycles. The summed E-state index contributed by atoms with van der Waals surface area (Å²) in [6.07, 6.45) is 3.19. The molecule has 1 aromatic rings. The van der Waals surface area contributed by atoms with E-state index in [1.54, 1.807) is 26.0 Å². The molecule has 0 aromatic heterocycles. The number of thioether (sulfide) groups is 1. The minimum Gasteiger partial charge on any atom is -0.352 e. The highest BCUT2D eigenvalue weighted by atomic mass is 32.2. The van der Waals surface area contributed by atoms with Crippen LogP contribution in [0.15, 0.2) is 29.2 Å². The fourth-order valence-corrected chi connectivity index (χ4v) is 3.27. The maximum atomic E-state index is 12.1. The Bertz CT molecular complexity index is 439. The van der Waals surface area contributed by atoms with Crippen LogP contribution >= 0.6 is 11.8 Å². The monoisotopic (exact) mass is 309 g/mol. The van der Waals surface area contributed by atoms with Gasteiger partial charge in [-0.25, -0.2) is 0 Å². The average molecular weight is 309 g/mol. The van der Waals surface area contributed by atoms with Crippen LogP contribution < -0.4 is 0 Å². The molecule has 1 aromatic carbocycles. The van der Waals surface area contributed by atoms with E-state index in [1.807, 2.05) is 29.2 Å². The lowest BCUT2D eigenvalue weighted by Gasteiger charge is -2.26. The summed E-state index contributed by atoms with van der Waals surface area (Å²) >= 11 is 1.58. The number of piperidine rings is 1. The maximum Gasteiger partial charge on any atom is 0.232 e. The number of likely N-dealkylation sites (tertiary alicyclic amines) is 1. The molecule has 0 bridgehead atoms. The molecule has 1 aliphatic rings. The molecular weight excluding hydrogens is 286 g/mol. The highest BCUT2D eigenvalue weighted by Crippen LogP contribution is 2.23. The first-order valence-electron chi connectivity index (χ1n) is 7.30. The zero-order valence-electron chi connectivity index (χ0n) is 12.7. The first kappa shape index (κ1) is 16.3. The van der Waals surface area contributed by atoms with Gasteiger partial charge in [-0.15, -0.1) is 11.8 Å². The van der Waals surface area contributed by atoms with E-state index in [1.165, 1.54) is 6.42 Å². The van der Waals surface area contributed by atoms with Crippen molar-refractivity contribution in [1.29, 1.82) is 0 Å². The standard InChI is InChI=1S/C16H23NO3S/c1-19-16(20-2)13-6-8-14(9-7-13)21-12-15(18)17-10-4-3-5-11-17/h6-9,16H,3-5,10-12H2,1-2H3. The van der Waals surface area contributed by atoms with Crippen molar-refractivity contribution < 1.29 is 14.3 Å². The normalized spacial score (nSPS) is 15.5. The number of hydrogen-bond acceptors (Lipinski definition) is 4. The Morgan fingerprint density at radius 3 is 2.33 bits per heavy atom. The fourth-order valence-electron chi connectivity index (χ4n) is 2.47. The zero-order chi connectivity index (χ0) is 15.1. The van der Waals surface area contributed by atoms with Gasteiger partial charge in [0.05, 0.1) is 5.75 Å². The number of rotatable bonds is 6. The molecule has 4 nitrogen and oxygen atoms in total. The van der Waals surface area contributed by atoms with Gasteiger partial charge in [0.2, 0.25) is 5.91 Å². The Labute approximate surface area is 130 Å². The number of ether oxygens (including phenoxy) is 2. The highest BCUT2D eigenvalue weighted by molar-refractivity contribution is 8.00. The molecule has 1 amide bonds. The molecule has 1 saturated heterocycles. The predicted molar refractivity (Wildman–Crippen MR) is 84.4 cm³/mol. The maximum absolute atomic E-state index is 12.1. The van der Waals surface area contributed by atoms with Gasteiger partial charge in [-0.1, -0.05) is 12.1 Å². The molecule has 1 heterocycles. The second kappa shape index (κ2) is 8.41. The van der Waals surface area contributed by atoms with Crippen LogP contribution in [0.3, 0.4) is 0 Å². The molecule has 5 heteroatoms. The van der Waals surface area contributed by atoms with Crippen LogP contribution in [0.5, 0.6) is 0 Å². The lowest BCUT2D eigenvalue weighted by molar-refractivity contribution is -0.129. The van der Waals surface area contributed by atoms with Crippen molar-refractivity contribution in [2.24, 2.45) is 0 Å². The molecule has 2 rings (SSSR count). The number of amides is 1. The van der Waals surface area contributed by atoms with Gasteiger partial charge in [-0.2, -0.15) is 0 Å². The molecule has 0 radical (unpaired) electrons. The summed E-state index contributed by atoms with van der Waals surface area (Å²) in [5.74, 6) is 0.757. The van der Waals surface area contributed by atoms with Crippen molar-refractivity contribution in [3.8, 4) is 0 Å². The first-order chi connectivity index (χ1) is 10.2. The minimum absolute atomic E-state index is 0.246. The topological polar surface area (TPSA) is 38.8 Å². The van der Waals surface area contributed by atoms with E-state index < -0.39 is 0 Å². The van der Waals surface area contributed by atoms with Crippen LogP contribution in [0.25, 0.3) is 0 Å². The van der Waals surface area contributed by atoms with Gasteiger partial charge in [0.1, 0.15) is 0 Å². The van der Waals surface area contributed by atoms with E-state index in [0.717, 1.165) is 36.4 Å². The minimum atomic E-state index is -0.334. The lowest BCUT2D eigenvalue weighted by Crippen LogP contribution is -2.36. The molecule has 0 saturated carbocycles. The van der Waals surface area contributed by atoms with Crippen LogP contribution in [0.1, 0.15) is 31.1 Å². The molecule has 0 unspecified atom stereocenters. The van der Waals surface area contributed by atoms with Crippen LogP contribution in [-0.4, -0.2) is 43.9 Å². The van der Waals surface area contributed by atoms with E-state index in [2.05, 4.69) is 0 Å². The second-order valence-corrected chi connectivity index (χ2v) is 6.15. The zero-order valence-corrected chi connectivity index (χ0v) is 13.5. The summed E-state index contributed by atoms with van der Waals surface area (Å²) < 4.78 is 10.4. The van der Waals surface area contributed by atoms with E-state index >= 15 is 0 Å². The molecule has 1 fully saturated rings. The van der Waals surface area contributed by atoms with Crippen molar-refractivity contribution in [2.75, 3.05) is 33.1 Å². The van der Waals surface area contributed by atoms with E-state index in [0.29, 0.717) is 5.75 Å². The van der Waals surface area contributed by atoms with Gasteiger partial charge in [0.15, 0.2) is 6.29 Å². The van der Waals surface area contributed by atoms with Crippen molar-refractivity contribution in [2.45, 2.75) is 30.4 Å². The van der Waals surface area contributed by atoms with Crippen molar-refractivity contribution in [3.63, 3.8) is 0 Å². The number of carbonyl (C=O) groups excluding carboxylic acids is 1. The van der Waals surface area contributed by atoms with Crippen molar-refractivity contribution >= 4 is 17.7 Å². The molecule has 0 atom stereocenters. The van der Waals surface area contributed by atoms with Crippen molar-refractivity contribution in [3.05, 3.63) is 29.8 Å². The summed E-state index contributed by atoms with van der Waals surface area (Å²) in [6, 6.07) is 7.97.